The molecule has 25 aromatic rings. The van der Waals surface area contributed by atoms with E-state index in [9.17, 15) is 0 Å². The SMILES string of the molecule is CC(C)(C)c1ccc2c(c1)c1cc(C(C)(C)C)ccc1n2-c1ccc(-c2cccc(-c3cc(-c4ccccc4)nc(-c4ccccc4)n3)c2)cc1.c1ccc(-c2cc(-c3cc(-n4c5ccccc5c5ccccc54)cc(-n4c5ccccc5c5ccccc54)c3)nc(-c3ccccc3)n2)cc1.c1ccc(-c2cc(-c3cccc(-n4c5ccccc5c5ccccc54)c3)nc(-c3ccccc3)n2)cc1. The van der Waals surface area contributed by atoms with Crippen LogP contribution in [0.1, 0.15) is 52.7 Å². The summed E-state index contributed by atoms with van der Waals surface area (Å²) in [5.41, 5.74) is 33.7. The summed E-state index contributed by atoms with van der Waals surface area (Å²) in [5, 5.41) is 10.0. The number of benzene rings is 18. The minimum Gasteiger partial charge on any atom is -0.309 e. The van der Waals surface area contributed by atoms with Crippen molar-refractivity contribution in [3.63, 3.8) is 0 Å². The van der Waals surface area contributed by atoms with Crippen molar-refractivity contribution in [3.8, 4) is 136 Å². The molecule has 0 bridgehead atoms. The van der Waals surface area contributed by atoms with Gasteiger partial charge in [0, 0.05) is 116 Å². The van der Waals surface area contributed by atoms with Crippen molar-refractivity contribution in [2.24, 2.45) is 0 Å². The minimum absolute atomic E-state index is 0.0679. The highest BCUT2D eigenvalue weighted by molar-refractivity contribution is 6.13. The zero-order valence-electron chi connectivity index (χ0n) is 77.5. The molecule has 0 radical (unpaired) electrons. The van der Waals surface area contributed by atoms with Crippen molar-refractivity contribution in [3.05, 3.63) is 484 Å². The number of hydrogen-bond acceptors (Lipinski definition) is 6. The van der Waals surface area contributed by atoms with Crippen LogP contribution in [0.4, 0.5) is 0 Å². The van der Waals surface area contributed by atoms with Crippen LogP contribution in [-0.2, 0) is 10.8 Å². The summed E-state index contributed by atoms with van der Waals surface area (Å²) in [6, 6.07) is 167. The molecule has 138 heavy (non-hydrogen) atoms. The first-order valence-corrected chi connectivity index (χ1v) is 47.2. The second-order valence-electron chi connectivity index (χ2n) is 37.4. The van der Waals surface area contributed by atoms with Crippen molar-refractivity contribution >= 4 is 87.2 Å². The Morgan fingerprint density at radius 2 is 0.391 bits per heavy atom. The highest BCUT2D eigenvalue weighted by Crippen LogP contribution is 2.44. The molecule has 0 amide bonds. The first-order chi connectivity index (χ1) is 67.7. The molecule has 25 rings (SSSR count). The Morgan fingerprint density at radius 1 is 0.145 bits per heavy atom. The van der Waals surface area contributed by atoms with Crippen molar-refractivity contribution < 1.29 is 0 Å². The molecule has 0 aliphatic rings. The van der Waals surface area contributed by atoms with Gasteiger partial charge in [-0.3, -0.25) is 0 Å². The third-order valence-electron chi connectivity index (χ3n) is 26.5. The lowest BCUT2D eigenvalue weighted by atomic mass is 9.85. The molecule has 0 N–H and O–H groups in total. The summed E-state index contributed by atoms with van der Waals surface area (Å²) < 4.78 is 9.54. The van der Waals surface area contributed by atoms with Gasteiger partial charge in [-0.1, -0.05) is 387 Å². The zero-order valence-corrected chi connectivity index (χ0v) is 77.5. The molecule has 0 aliphatic carbocycles. The van der Waals surface area contributed by atoms with Crippen LogP contribution >= 0.6 is 0 Å². The molecule has 658 valence electrons. The van der Waals surface area contributed by atoms with E-state index in [1.165, 1.54) is 76.3 Å². The summed E-state index contributed by atoms with van der Waals surface area (Å²) in [5.74, 6) is 2.14. The van der Waals surface area contributed by atoms with E-state index in [0.29, 0.717) is 5.82 Å². The summed E-state index contributed by atoms with van der Waals surface area (Å²) in [6.45, 7) is 13.7. The number of para-hydroxylation sites is 6. The highest BCUT2D eigenvalue weighted by atomic mass is 15.0. The molecular formula is C128H96N10. The van der Waals surface area contributed by atoms with E-state index in [1.54, 1.807) is 0 Å². The second-order valence-corrected chi connectivity index (χ2v) is 37.4. The quantitative estimate of drug-likeness (QED) is 0.108. The van der Waals surface area contributed by atoms with Crippen LogP contribution in [0.15, 0.2) is 473 Å². The Bertz CT molecular complexity index is 8330. The molecule has 0 spiro atoms. The molecule has 7 aromatic heterocycles. The van der Waals surface area contributed by atoms with Gasteiger partial charge in [-0.15, -0.1) is 0 Å². The first-order valence-electron chi connectivity index (χ1n) is 47.2. The molecule has 0 fully saturated rings. The van der Waals surface area contributed by atoms with E-state index < -0.39 is 0 Å². The van der Waals surface area contributed by atoms with Crippen LogP contribution in [0.5, 0.6) is 0 Å². The van der Waals surface area contributed by atoms with E-state index in [0.717, 1.165) is 152 Å². The lowest BCUT2D eigenvalue weighted by molar-refractivity contribution is 0.590. The van der Waals surface area contributed by atoms with Crippen LogP contribution in [0.2, 0.25) is 0 Å². The Hall–Kier alpha value is -17.6. The molecule has 0 saturated heterocycles. The lowest BCUT2D eigenvalue weighted by Crippen LogP contribution is -2.10. The highest BCUT2D eigenvalue weighted by Gasteiger charge is 2.25. The summed E-state index contributed by atoms with van der Waals surface area (Å²) in [6.07, 6.45) is 0. The second kappa shape index (κ2) is 35.7. The van der Waals surface area contributed by atoms with Crippen LogP contribution in [0.25, 0.3) is 223 Å². The van der Waals surface area contributed by atoms with E-state index in [1.807, 2.05) is 84.9 Å². The number of hydrogen-bond donors (Lipinski definition) is 0. The number of nitrogens with zero attached hydrogens (tertiary/aromatic N) is 10. The van der Waals surface area contributed by atoms with Crippen molar-refractivity contribution in [2.75, 3.05) is 0 Å². The molecule has 0 saturated carbocycles. The molecule has 0 unspecified atom stereocenters. The van der Waals surface area contributed by atoms with Crippen LogP contribution in [0.3, 0.4) is 0 Å². The number of fused-ring (bicyclic) bond motifs is 12. The fourth-order valence-corrected chi connectivity index (χ4v) is 19.5. The van der Waals surface area contributed by atoms with Crippen molar-refractivity contribution in [2.45, 2.75) is 52.4 Å². The molecule has 0 atom stereocenters. The molecular weight excluding hydrogens is 1680 g/mol. The van der Waals surface area contributed by atoms with E-state index in [4.69, 9.17) is 29.9 Å². The molecule has 10 heteroatoms. The van der Waals surface area contributed by atoms with Gasteiger partial charge in [-0.2, -0.15) is 0 Å². The van der Waals surface area contributed by atoms with Gasteiger partial charge in [0.1, 0.15) is 0 Å². The molecule has 7 heterocycles. The normalized spacial score (nSPS) is 11.7. The summed E-state index contributed by atoms with van der Waals surface area (Å²) in [7, 11) is 0. The van der Waals surface area contributed by atoms with E-state index in [-0.39, 0.29) is 10.8 Å². The van der Waals surface area contributed by atoms with Gasteiger partial charge in [0.05, 0.1) is 78.3 Å². The van der Waals surface area contributed by atoms with Gasteiger partial charge < -0.3 is 18.3 Å². The monoisotopic (exact) mass is 1770 g/mol. The fraction of sp³-hybridized carbons (Fsp3) is 0.0625. The van der Waals surface area contributed by atoms with Gasteiger partial charge in [0.2, 0.25) is 0 Å². The van der Waals surface area contributed by atoms with Crippen molar-refractivity contribution in [1.82, 2.24) is 48.2 Å². The standard InChI is InChI=1S/C48H43N3.C46H30N4.C34H23N3/c1-47(2,3)37-22-26-44-40(29-37)41-30-38(48(4,5)6)23-27-45(41)51(44)39-24-20-32(21-25-39)35-18-13-19-36(28-35)43-31-42(33-14-9-7-10-15-33)49-46(50-43)34-16-11-8-12-17-34;1-3-15-31(16-4-1)40-30-41(48-46(47-40)32-17-5-2-6-18-32)33-27-34(49-42-23-11-7-19-36(42)37-20-8-12-24-43(37)49)29-35(28-33)50-44-25-13-9-21-38(44)39-22-10-14-26-45(39)50;1-3-12-24(13-4-1)30-23-31(36-34(35-30)25-14-5-2-6-15-25)26-16-11-17-27(22-26)37-32-20-9-7-18-28(32)29-19-8-10-21-33(29)37/h7-31H,1-6H3;1-30H;1-23H. The third kappa shape index (κ3) is 16.3. The van der Waals surface area contributed by atoms with Gasteiger partial charge in [-0.05, 0) is 160 Å². The van der Waals surface area contributed by atoms with Crippen LogP contribution in [0, 0.1) is 0 Å². The predicted molar refractivity (Wildman–Crippen MR) is 575 cm³/mol. The summed E-state index contributed by atoms with van der Waals surface area (Å²) >= 11 is 0. The van der Waals surface area contributed by atoms with Gasteiger partial charge in [0.25, 0.3) is 0 Å². The van der Waals surface area contributed by atoms with Gasteiger partial charge in [-0.25, -0.2) is 29.9 Å². The number of aromatic nitrogens is 10. The Kier molecular flexibility index (Phi) is 21.9. The van der Waals surface area contributed by atoms with E-state index >= 15 is 0 Å². The molecule has 0 aliphatic heterocycles. The maximum Gasteiger partial charge on any atom is 0.160 e. The Morgan fingerprint density at radius 3 is 0.725 bits per heavy atom. The van der Waals surface area contributed by atoms with Gasteiger partial charge in [0.15, 0.2) is 17.5 Å². The molecule has 18 aromatic carbocycles. The van der Waals surface area contributed by atoms with Crippen LogP contribution in [-0.4, -0.2) is 48.2 Å². The Balaban J connectivity index is 0.000000118. The minimum atomic E-state index is 0.0679. The lowest BCUT2D eigenvalue weighted by Gasteiger charge is -2.19. The zero-order chi connectivity index (χ0) is 93.0. The maximum absolute atomic E-state index is 5.26. The average molecular weight is 1770 g/mol. The van der Waals surface area contributed by atoms with Gasteiger partial charge >= 0.3 is 0 Å². The smallest absolute Gasteiger partial charge is 0.160 e. The summed E-state index contributed by atoms with van der Waals surface area (Å²) in [4.78, 5) is 30.4. The largest absolute Gasteiger partial charge is 0.309 e. The first kappa shape index (κ1) is 84.6. The maximum atomic E-state index is 5.26. The average Bonchev–Trinajstić information content (AvgIpc) is 1.60. The number of rotatable bonds is 14. The molecule has 10 nitrogen and oxygen atoms in total. The topological polar surface area (TPSA) is 97.1 Å². The van der Waals surface area contributed by atoms with Crippen LogP contribution < -0.4 is 0 Å². The predicted octanol–water partition coefficient (Wildman–Crippen LogP) is 33.1. The third-order valence-corrected chi connectivity index (χ3v) is 26.5. The van der Waals surface area contributed by atoms with Crippen molar-refractivity contribution in [1.29, 1.82) is 0 Å². The van der Waals surface area contributed by atoms with E-state index in [2.05, 4.69) is 448 Å². The Labute approximate surface area is 802 Å². The fourth-order valence-electron chi connectivity index (χ4n) is 19.5.